The number of ether oxygens (including phenoxy) is 1. The average Bonchev–Trinajstić information content (AvgIpc) is 2.34. The van der Waals surface area contributed by atoms with Crippen LogP contribution in [0.5, 0.6) is 5.75 Å². The largest absolute Gasteiger partial charge is 0.494 e. The Kier molecular flexibility index (Phi) is 5.42. The summed E-state index contributed by atoms with van der Waals surface area (Å²) in [7, 11) is 3.20. The van der Waals surface area contributed by atoms with Gasteiger partial charge in [0.25, 0.3) is 0 Å². The molecule has 0 heterocycles. The second-order valence-electron chi connectivity index (χ2n) is 3.60. The average molecular weight is 240 g/mol. The van der Waals surface area contributed by atoms with Crippen LogP contribution in [0.4, 0.5) is 4.39 Å². The number of carbonyl (C=O) groups excluding carboxylic acids is 1. The predicted molar refractivity (Wildman–Crippen MR) is 63.3 cm³/mol. The number of rotatable bonds is 6. The molecule has 0 aromatic heterocycles. The molecule has 0 unspecified atom stereocenters. The molecule has 4 nitrogen and oxygen atoms in total. The van der Waals surface area contributed by atoms with Crippen molar-refractivity contribution in [1.29, 1.82) is 0 Å². The number of hydrogen-bond donors (Lipinski definition) is 2. The van der Waals surface area contributed by atoms with Gasteiger partial charge >= 0.3 is 0 Å². The van der Waals surface area contributed by atoms with Gasteiger partial charge in [-0.3, -0.25) is 4.79 Å². The van der Waals surface area contributed by atoms with Crippen LogP contribution in [0, 0.1) is 5.82 Å². The number of hydrogen-bond acceptors (Lipinski definition) is 3. The van der Waals surface area contributed by atoms with E-state index in [4.69, 9.17) is 4.74 Å². The molecule has 0 spiro atoms. The van der Waals surface area contributed by atoms with Crippen molar-refractivity contribution >= 4 is 5.91 Å². The maximum Gasteiger partial charge on any atom is 0.221 e. The van der Waals surface area contributed by atoms with Crippen molar-refractivity contribution in [1.82, 2.24) is 10.6 Å². The fourth-order valence-corrected chi connectivity index (χ4v) is 1.35. The predicted octanol–water partition coefficient (Wildman–Crippen LogP) is 1.06. The molecule has 17 heavy (non-hydrogen) atoms. The molecule has 0 radical (unpaired) electrons. The van der Waals surface area contributed by atoms with Crippen molar-refractivity contribution in [2.45, 2.75) is 13.0 Å². The van der Waals surface area contributed by atoms with Gasteiger partial charge in [0.1, 0.15) is 0 Å². The molecule has 94 valence electrons. The molecule has 2 N–H and O–H groups in total. The molecule has 1 aromatic carbocycles. The van der Waals surface area contributed by atoms with Gasteiger partial charge in [-0.1, -0.05) is 6.07 Å². The molecule has 1 aromatic rings. The highest BCUT2D eigenvalue weighted by Gasteiger charge is 2.04. The normalized spacial score (nSPS) is 10.1. The molecule has 0 saturated carbocycles. The lowest BCUT2D eigenvalue weighted by Gasteiger charge is -2.07. The Morgan fingerprint density at radius 2 is 2.24 bits per heavy atom. The second kappa shape index (κ2) is 6.85. The van der Waals surface area contributed by atoms with E-state index in [2.05, 4.69) is 10.6 Å². The van der Waals surface area contributed by atoms with Crippen LogP contribution in [-0.2, 0) is 11.3 Å². The van der Waals surface area contributed by atoms with Crippen LogP contribution in [-0.4, -0.2) is 26.6 Å². The standard InChI is InChI=1S/C12H17FN2O2/c1-14-6-5-12(16)15-8-9-3-4-11(17-2)10(13)7-9/h3-4,7,14H,5-6,8H2,1-2H3,(H,15,16). The Morgan fingerprint density at radius 3 is 2.82 bits per heavy atom. The quantitative estimate of drug-likeness (QED) is 0.781. The van der Waals surface area contributed by atoms with Gasteiger partial charge in [-0.2, -0.15) is 0 Å². The van der Waals surface area contributed by atoms with E-state index in [9.17, 15) is 9.18 Å². The Hall–Kier alpha value is -1.62. The highest BCUT2D eigenvalue weighted by Crippen LogP contribution is 2.17. The van der Waals surface area contributed by atoms with Crippen LogP contribution in [0.1, 0.15) is 12.0 Å². The van der Waals surface area contributed by atoms with E-state index in [-0.39, 0.29) is 11.7 Å². The second-order valence-corrected chi connectivity index (χ2v) is 3.60. The van der Waals surface area contributed by atoms with Crippen molar-refractivity contribution in [3.63, 3.8) is 0 Å². The molecular formula is C12H17FN2O2. The van der Waals surface area contributed by atoms with Crippen molar-refractivity contribution in [2.75, 3.05) is 20.7 Å². The van der Waals surface area contributed by atoms with E-state index >= 15 is 0 Å². The van der Waals surface area contributed by atoms with Gasteiger partial charge in [0.15, 0.2) is 11.6 Å². The summed E-state index contributed by atoms with van der Waals surface area (Å²) in [5.74, 6) is -0.277. The summed E-state index contributed by atoms with van der Waals surface area (Å²) in [6.07, 6.45) is 0.412. The molecule has 1 amide bonds. The first-order valence-corrected chi connectivity index (χ1v) is 5.41. The molecule has 0 atom stereocenters. The van der Waals surface area contributed by atoms with Crippen molar-refractivity contribution in [2.24, 2.45) is 0 Å². The Balaban J connectivity index is 2.47. The van der Waals surface area contributed by atoms with Crippen molar-refractivity contribution in [3.05, 3.63) is 29.6 Å². The number of halogens is 1. The first-order chi connectivity index (χ1) is 8.17. The molecular weight excluding hydrogens is 223 g/mol. The molecule has 0 bridgehead atoms. The summed E-state index contributed by atoms with van der Waals surface area (Å²) >= 11 is 0. The summed E-state index contributed by atoms with van der Waals surface area (Å²) in [6.45, 7) is 0.951. The first-order valence-electron chi connectivity index (χ1n) is 5.41. The summed E-state index contributed by atoms with van der Waals surface area (Å²) in [5.41, 5.74) is 0.709. The number of benzene rings is 1. The zero-order valence-corrected chi connectivity index (χ0v) is 10.0. The Bertz CT molecular complexity index is 383. The van der Waals surface area contributed by atoms with Crippen LogP contribution in [0.25, 0.3) is 0 Å². The number of amides is 1. The van der Waals surface area contributed by atoms with E-state index in [0.29, 0.717) is 25.1 Å². The van der Waals surface area contributed by atoms with Crippen LogP contribution in [0.15, 0.2) is 18.2 Å². The SMILES string of the molecule is CNCCC(=O)NCc1ccc(OC)c(F)c1. The molecule has 0 fully saturated rings. The Labute approximate surface area is 100 Å². The van der Waals surface area contributed by atoms with Gasteiger partial charge in [0.2, 0.25) is 5.91 Å². The van der Waals surface area contributed by atoms with Gasteiger partial charge in [-0.15, -0.1) is 0 Å². The Morgan fingerprint density at radius 1 is 1.47 bits per heavy atom. The lowest BCUT2D eigenvalue weighted by atomic mass is 10.2. The van der Waals surface area contributed by atoms with Crippen LogP contribution >= 0.6 is 0 Å². The van der Waals surface area contributed by atoms with Crippen LogP contribution in [0.2, 0.25) is 0 Å². The zero-order valence-electron chi connectivity index (χ0n) is 10.0. The van der Waals surface area contributed by atoms with Crippen molar-refractivity contribution < 1.29 is 13.9 Å². The highest BCUT2D eigenvalue weighted by atomic mass is 19.1. The van der Waals surface area contributed by atoms with Crippen LogP contribution in [0.3, 0.4) is 0 Å². The third-order valence-electron chi connectivity index (χ3n) is 2.31. The van der Waals surface area contributed by atoms with E-state index in [1.807, 2.05) is 0 Å². The maximum atomic E-state index is 13.3. The molecule has 0 aliphatic carbocycles. The highest BCUT2D eigenvalue weighted by molar-refractivity contribution is 5.76. The molecule has 5 heteroatoms. The third kappa shape index (κ3) is 4.40. The smallest absolute Gasteiger partial charge is 0.221 e. The summed E-state index contributed by atoms with van der Waals surface area (Å²) in [6, 6.07) is 4.63. The van der Waals surface area contributed by atoms with Gasteiger partial charge in [0, 0.05) is 19.5 Å². The summed E-state index contributed by atoms with van der Waals surface area (Å²) in [4.78, 5) is 11.3. The minimum absolute atomic E-state index is 0.0597. The van der Waals surface area contributed by atoms with E-state index in [0.717, 1.165) is 0 Å². The molecule has 0 aliphatic heterocycles. The van der Waals surface area contributed by atoms with Crippen molar-refractivity contribution in [3.8, 4) is 5.75 Å². The van der Waals surface area contributed by atoms with Gasteiger partial charge in [-0.05, 0) is 24.7 Å². The van der Waals surface area contributed by atoms with Gasteiger partial charge < -0.3 is 15.4 Å². The summed E-state index contributed by atoms with van der Waals surface area (Å²) in [5, 5.41) is 5.60. The van der Waals surface area contributed by atoms with E-state index in [1.165, 1.54) is 13.2 Å². The van der Waals surface area contributed by atoms with E-state index in [1.54, 1.807) is 19.2 Å². The number of methoxy groups -OCH3 is 1. The number of carbonyl (C=O) groups is 1. The third-order valence-corrected chi connectivity index (χ3v) is 2.31. The van der Waals surface area contributed by atoms with Gasteiger partial charge in [0.05, 0.1) is 7.11 Å². The summed E-state index contributed by atoms with van der Waals surface area (Å²) < 4.78 is 18.1. The minimum atomic E-state index is -0.422. The first kappa shape index (κ1) is 13.4. The van der Waals surface area contributed by atoms with E-state index < -0.39 is 5.82 Å². The fraction of sp³-hybridized carbons (Fsp3) is 0.417. The lowest BCUT2D eigenvalue weighted by molar-refractivity contribution is -0.121. The van der Waals surface area contributed by atoms with Gasteiger partial charge in [-0.25, -0.2) is 4.39 Å². The minimum Gasteiger partial charge on any atom is -0.494 e. The monoisotopic (exact) mass is 240 g/mol. The number of nitrogens with one attached hydrogen (secondary N) is 2. The molecule has 1 rings (SSSR count). The molecule has 0 saturated heterocycles. The van der Waals surface area contributed by atoms with Crippen LogP contribution < -0.4 is 15.4 Å². The maximum absolute atomic E-state index is 13.3. The molecule has 0 aliphatic rings. The fourth-order valence-electron chi connectivity index (χ4n) is 1.35. The lowest BCUT2D eigenvalue weighted by Crippen LogP contribution is -2.26. The zero-order chi connectivity index (χ0) is 12.7. The topological polar surface area (TPSA) is 50.4 Å².